The third-order valence-corrected chi connectivity index (χ3v) is 8.68. The molecule has 1 aromatic carbocycles. The van der Waals surface area contributed by atoms with Crippen molar-refractivity contribution in [1.82, 2.24) is 25.8 Å². The predicted molar refractivity (Wildman–Crippen MR) is 141 cm³/mol. The summed E-state index contributed by atoms with van der Waals surface area (Å²) in [6, 6.07) is 3.08. The minimum atomic E-state index is -0.645. The van der Waals surface area contributed by atoms with Gasteiger partial charge in [-0.05, 0) is 56.5 Å². The van der Waals surface area contributed by atoms with E-state index in [9.17, 15) is 18.8 Å². The van der Waals surface area contributed by atoms with E-state index in [-0.39, 0.29) is 48.1 Å². The zero-order chi connectivity index (χ0) is 27.0. The van der Waals surface area contributed by atoms with Crippen LogP contribution in [0.3, 0.4) is 0 Å². The maximum atomic E-state index is 14.4. The molecule has 5 unspecified atom stereocenters. The van der Waals surface area contributed by atoms with Gasteiger partial charge in [-0.15, -0.1) is 0 Å². The number of rotatable bonds is 7. The number of nitrogens with zero attached hydrogens (tertiary/aromatic N) is 1. The number of hydrogen-bond donors (Lipinski definition) is 4. The van der Waals surface area contributed by atoms with Gasteiger partial charge in [0.2, 0.25) is 11.8 Å². The lowest BCUT2D eigenvalue weighted by Crippen LogP contribution is -2.57. The summed E-state index contributed by atoms with van der Waals surface area (Å²) < 4.78 is 19.5. The normalized spacial score (nSPS) is 27.2. The molecule has 2 aliphatic heterocycles. The summed E-state index contributed by atoms with van der Waals surface area (Å²) >= 11 is 0. The number of carbonyl (C=O) groups is 3. The highest BCUT2D eigenvalue weighted by Gasteiger charge is 2.54. The highest BCUT2D eigenvalue weighted by molar-refractivity contribution is 5.91. The fourth-order valence-corrected chi connectivity index (χ4v) is 6.67. The Kier molecular flexibility index (Phi) is 7.72. The smallest absolute Gasteiger partial charge is 0.303 e. The molecule has 6 atom stereocenters. The van der Waals surface area contributed by atoms with Crippen molar-refractivity contribution in [1.29, 1.82) is 0 Å². The second-order valence-electron chi connectivity index (χ2n) is 11.0. The molecule has 1 aliphatic carbocycles. The number of benzene rings is 1. The Bertz CT molecular complexity index is 1200. The van der Waals surface area contributed by atoms with E-state index >= 15 is 0 Å². The molecule has 3 fully saturated rings. The number of ether oxygens (including phenoxy) is 1. The van der Waals surface area contributed by atoms with Crippen LogP contribution in [0.4, 0.5) is 4.39 Å². The number of hydrogen-bond acceptors (Lipinski definition) is 6. The van der Waals surface area contributed by atoms with Gasteiger partial charge < -0.3 is 30.6 Å². The van der Waals surface area contributed by atoms with Crippen molar-refractivity contribution in [3.8, 4) is 0 Å². The van der Waals surface area contributed by atoms with Crippen LogP contribution < -0.4 is 16.0 Å². The van der Waals surface area contributed by atoms with Crippen molar-refractivity contribution in [3.05, 3.63) is 35.8 Å². The van der Waals surface area contributed by atoms with E-state index in [1.54, 1.807) is 20.0 Å². The minimum Gasteiger partial charge on any atom is -0.459 e. The van der Waals surface area contributed by atoms with Gasteiger partial charge >= 0.3 is 5.97 Å². The number of H-pyrrole nitrogens is 1. The number of halogens is 1. The summed E-state index contributed by atoms with van der Waals surface area (Å²) in [7, 11) is 1.72. The van der Waals surface area contributed by atoms with E-state index in [1.807, 2.05) is 11.1 Å². The molecule has 0 spiro atoms. The summed E-state index contributed by atoms with van der Waals surface area (Å²) in [5.74, 6) is -1.08. The molecular weight excluding hydrogens is 489 g/mol. The highest BCUT2D eigenvalue weighted by atomic mass is 19.1. The van der Waals surface area contributed by atoms with Gasteiger partial charge in [-0.2, -0.15) is 0 Å². The number of esters is 1. The first kappa shape index (κ1) is 26.6. The fraction of sp³-hybridized carbons (Fsp3) is 0.607. The Balaban J connectivity index is 1.49. The second-order valence-corrected chi connectivity index (χ2v) is 11.0. The molecular formula is C28H38FN5O4. The SMILES string of the molecule is CNC(C)C(=O)NC(C(=O)N1C[C@@H](OC(C)=O)C2NCC(c3c[nH]c4cc(F)ccc34)C21)C1CCCCC1. The van der Waals surface area contributed by atoms with Crippen LogP contribution in [-0.4, -0.2) is 78.1 Å². The van der Waals surface area contributed by atoms with Gasteiger partial charge in [-0.1, -0.05) is 19.3 Å². The second kappa shape index (κ2) is 11.0. The Morgan fingerprint density at radius 1 is 1.18 bits per heavy atom. The number of likely N-dealkylation sites (N-methyl/N-ethyl adjacent to an activating group) is 1. The van der Waals surface area contributed by atoms with Crippen molar-refractivity contribution in [3.63, 3.8) is 0 Å². The van der Waals surface area contributed by atoms with E-state index in [4.69, 9.17) is 4.74 Å². The van der Waals surface area contributed by atoms with E-state index in [0.717, 1.165) is 43.1 Å². The Morgan fingerprint density at radius 2 is 1.95 bits per heavy atom. The quantitative estimate of drug-likeness (QED) is 0.411. The van der Waals surface area contributed by atoms with Crippen LogP contribution in [0.25, 0.3) is 10.9 Å². The third kappa shape index (κ3) is 5.03. The van der Waals surface area contributed by atoms with Crippen molar-refractivity contribution < 1.29 is 23.5 Å². The number of carbonyl (C=O) groups excluding carboxylic acids is 3. The van der Waals surface area contributed by atoms with Crippen LogP contribution in [0.2, 0.25) is 0 Å². The lowest BCUT2D eigenvalue weighted by Gasteiger charge is -2.36. The molecule has 3 aliphatic rings. The lowest BCUT2D eigenvalue weighted by atomic mass is 9.82. The zero-order valence-electron chi connectivity index (χ0n) is 22.3. The topological polar surface area (TPSA) is 116 Å². The molecule has 1 aromatic heterocycles. The average Bonchev–Trinajstić information content (AvgIpc) is 3.61. The number of amides is 2. The van der Waals surface area contributed by atoms with Crippen LogP contribution in [0.15, 0.2) is 24.4 Å². The Labute approximate surface area is 222 Å². The molecule has 0 radical (unpaired) electrons. The lowest BCUT2D eigenvalue weighted by molar-refractivity contribution is -0.147. The summed E-state index contributed by atoms with van der Waals surface area (Å²) in [4.78, 5) is 44.3. The molecule has 0 bridgehead atoms. The number of aromatic nitrogens is 1. The van der Waals surface area contributed by atoms with E-state index in [0.29, 0.717) is 12.1 Å². The fourth-order valence-electron chi connectivity index (χ4n) is 6.67. The van der Waals surface area contributed by atoms with Gasteiger partial charge in [-0.3, -0.25) is 14.4 Å². The van der Waals surface area contributed by atoms with Gasteiger partial charge in [0.25, 0.3) is 0 Å². The first-order valence-electron chi connectivity index (χ1n) is 13.7. The van der Waals surface area contributed by atoms with Gasteiger partial charge in [0.05, 0.1) is 24.7 Å². The summed E-state index contributed by atoms with van der Waals surface area (Å²) in [5, 5.41) is 10.4. The molecule has 5 rings (SSSR count). The summed E-state index contributed by atoms with van der Waals surface area (Å²) in [5.41, 5.74) is 1.69. The number of likely N-dealkylation sites (tertiary alicyclic amines) is 1. The summed E-state index contributed by atoms with van der Waals surface area (Å²) in [6.07, 6.45) is 6.36. The highest BCUT2D eigenvalue weighted by Crippen LogP contribution is 2.41. The van der Waals surface area contributed by atoms with Crippen LogP contribution in [0, 0.1) is 11.7 Å². The molecule has 1 saturated carbocycles. The maximum absolute atomic E-state index is 14.4. The van der Waals surface area contributed by atoms with Gasteiger partial charge in [0.1, 0.15) is 18.0 Å². The Morgan fingerprint density at radius 3 is 2.66 bits per heavy atom. The van der Waals surface area contributed by atoms with Crippen molar-refractivity contribution in [2.75, 3.05) is 20.1 Å². The van der Waals surface area contributed by atoms with E-state index in [1.165, 1.54) is 19.1 Å². The van der Waals surface area contributed by atoms with Gasteiger partial charge in [0.15, 0.2) is 0 Å². The van der Waals surface area contributed by atoms with Crippen molar-refractivity contribution in [2.45, 2.75) is 82.1 Å². The monoisotopic (exact) mass is 527 g/mol. The van der Waals surface area contributed by atoms with Crippen LogP contribution in [0.1, 0.15) is 57.4 Å². The number of fused-ring (bicyclic) bond motifs is 2. The van der Waals surface area contributed by atoms with Gasteiger partial charge in [0, 0.05) is 36.5 Å². The van der Waals surface area contributed by atoms with Crippen molar-refractivity contribution >= 4 is 28.7 Å². The average molecular weight is 528 g/mol. The molecule has 2 saturated heterocycles. The van der Waals surface area contributed by atoms with Crippen LogP contribution in [0.5, 0.6) is 0 Å². The first-order valence-corrected chi connectivity index (χ1v) is 13.7. The molecule has 2 aromatic rings. The Hall–Kier alpha value is -2.98. The van der Waals surface area contributed by atoms with Crippen LogP contribution in [-0.2, 0) is 19.1 Å². The van der Waals surface area contributed by atoms with E-state index in [2.05, 4.69) is 20.9 Å². The zero-order valence-corrected chi connectivity index (χ0v) is 22.3. The molecule has 206 valence electrons. The number of nitrogens with one attached hydrogen (secondary N) is 4. The standard InChI is InChI=1S/C28H38FN5O4/c1-15(30-3)27(36)33-24(17-7-5-4-6-8-17)28(37)34-14-23(38-16(2)35)25-26(34)21(13-32-25)20-12-31-22-11-18(29)9-10-19(20)22/h9-12,15,17,21,23-26,30-32H,4-8,13-14H2,1-3H3,(H,33,36)/t15?,21?,23-,24?,25?,26?/m1/s1. The predicted octanol–water partition coefficient (Wildman–Crippen LogP) is 2.18. The minimum absolute atomic E-state index is 0.0550. The third-order valence-electron chi connectivity index (χ3n) is 8.68. The van der Waals surface area contributed by atoms with E-state index < -0.39 is 24.2 Å². The molecule has 38 heavy (non-hydrogen) atoms. The number of aromatic amines is 1. The molecule has 10 heteroatoms. The maximum Gasteiger partial charge on any atom is 0.303 e. The molecule has 4 N–H and O–H groups in total. The summed E-state index contributed by atoms with van der Waals surface area (Å²) in [6.45, 7) is 3.99. The largest absolute Gasteiger partial charge is 0.459 e. The van der Waals surface area contributed by atoms with Crippen LogP contribution >= 0.6 is 0 Å². The molecule has 3 heterocycles. The van der Waals surface area contributed by atoms with Gasteiger partial charge in [-0.25, -0.2) is 4.39 Å². The molecule has 9 nitrogen and oxygen atoms in total. The molecule has 2 amide bonds. The van der Waals surface area contributed by atoms with Crippen molar-refractivity contribution in [2.24, 2.45) is 5.92 Å². The first-order chi connectivity index (χ1) is 18.3.